The van der Waals surface area contributed by atoms with Crippen LogP contribution in [-0.4, -0.2) is 28.6 Å². The van der Waals surface area contributed by atoms with Gasteiger partial charge >= 0.3 is 0 Å². The molecule has 1 fully saturated rings. The third-order valence-electron chi connectivity index (χ3n) is 1.70. The molecule has 0 N–H and O–H groups in total. The lowest BCUT2D eigenvalue weighted by Crippen LogP contribution is -2.31. The molecule has 1 amide bonds. The Morgan fingerprint density at radius 3 is 3.08 bits per heavy atom. The third kappa shape index (κ3) is 1.64. The Hall–Kier alpha value is -0.900. The first-order valence-corrected chi connectivity index (χ1v) is 4.23. The van der Waals surface area contributed by atoms with Crippen LogP contribution in [0.2, 0.25) is 0 Å². The van der Waals surface area contributed by atoms with Gasteiger partial charge in [-0.2, -0.15) is 0 Å². The summed E-state index contributed by atoms with van der Waals surface area (Å²) < 4.78 is 5.16. The summed E-state index contributed by atoms with van der Waals surface area (Å²) >= 11 is 4.86. The first-order chi connectivity index (χ1) is 5.69. The summed E-state index contributed by atoms with van der Waals surface area (Å²) in [6.07, 6.45) is 1.97. The molecule has 1 aliphatic heterocycles. The molecule has 0 bridgehead atoms. The Kier molecular flexibility index (Phi) is 2.81. The van der Waals surface area contributed by atoms with Crippen molar-refractivity contribution in [2.24, 2.45) is 0 Å². The van der Waals surface area contributed by atoms with Gasteiger partial charge in [-0.3, -0.25) is 9.69 Å². The highest BCUT2D eigenvalue weighted by Gasteiger charge is 2.29. The second-order valence-electron chi connectivity index (χ2n) is 2.52. The van der Waals surface area contributed by atoms with Gasteiger partial charge in [0.05, 0.1) is 6.54 Å². The standard InChI is InChI=1S/C8H11NO2S/c1-3-6-5-9(7(10)4-2)8(12)11-6/h3,6H,1,4-5H2,2H3. The number of rotatable bonds is 2. The molecule has 1 heterocycles. The van der Waals surface area contributed by atoms with Gasteiger partial charge in [0.1, 0.15) is 6.10 Å². The van der Waals surface area contributed by atoms with E-state index in [1.165, 1.54) is 4.90 Å². The van der Waals surface area contributed by atoms with E-state index in [-0.39, 0.29) is 17.2 Å². The maximum atomic E-state index is 11.2. The Labute approximate surface area is 77.0 Å². The monoisotopic (exact) mass is 185 g/mol. The predicted octanol–water partition coefficient (Wildman–Crippen LogP) is 1.09. The van der Waals surface area contributed by atoms with Crippen LogP contribution in [0.15, 0.2) is 12.7 Å². The van der Waals surface area contributed by atoms with E-state index in [1.54, 1.807) is 13.0 Å². The van der Waals surface area contributed by atoms with Gasteiger partial charge in [0.2, 0.25) is 5.91 Å². The van der Waals surface area contributed by atoms with Gasteiger partial charge in [-0.25, -0.2) is 0 Å². The van der Waals surface area contributed by atoms with Gasteiger partial charge in [0.15, 0.2) is 0 Å². The zero-order valence-corrected chi connectivity index (χ0v) is 7.76. The maximum absolute atomic E-state index is 11.2. The van der Waals surface area contributed by atoms with Crippen LogP contribution in [0, 0.1) is 0 Å². The molecule has 0 saturated carbocycles. The van der Waals surface area contributed by atoms with Crippen LogP contribution in [0.1, 0.15) is 13.3 Å². The van der Waals surface area contributed by atoms with E-state index >= 15 is 0 Å². The lowest BCUT2D eigenvalue weighted by molar-refractivity contribution is -0.126. The van der Waals surface area contributed by atoms with Crippen molar-refractivity contribution in [1.82, 2.24) is 4.90 Å². The SMILES string of the molecule is C=CC1CN(C(=O)CC)C(=S)O1. The van der Waals surface area contributed by atoms with Crippen molar-refractivity contribution in [1.29, 1.82) is 0 Å². The lowest BCUT2D eigenvalue weighted by atomic mass is 10.3. The number of ether oxygens (including phenoxy) is 1. The fourth-order valence-electron chi connectivity index (χ4n) is 1.00. The Morgan fingerprint density at radius 2 is 2.67 bits per heavy atom. The topological polar surface area (TPSA) is 29.5 Å². The summed E-state index contributed by atoms with van der Waals surface area (Å²) in [7, 11) is 0. The molecule has 0 spiro atoms. The molecule has 1 unspecified atom stereocenters. The molecule has 0 aliphatic carbocycles. The smallest absolute Gasteiger partial charge is 0.266 e. The van der Waals surface area contributed by atoms with Gasteiger partial charge in [-0.1, -0.05) is 13.5 Å². The number of nitrogens with zero attached hydrogens (tertiary/aromatic N) is 1. The second-order valence-corrected chi connectivity index (χ2v) is 2.87. The minimum Gasteiger partial charge on any atom is -0.461 e. The number of hydrogen-bond acceptors (Lipinski definition) is 3. The normalized spacial score (nSPS) is 22.2. The molecule has 1 atom stereocenters. The molecule has 4 heteroatoms. The zero-order chi connectivity index (χ0) is 9.14. The minimum atomic E-state index is -0.131. The minimum absolute atomic E-state index is 0.00403. The summed E-state index contributed by atoms with van der Waals surface area (Å²) in [6, 6.07) is 0. The number of hydrogen-bond donors (Lipinski definition) is 0. The zero-order valence-electron chi connectivity index (χ0n) is 6.95. The number of amides is 1. The number of thiocarbonyl (C=S) groups is 1. The average molecular weight is 185 g/mol. The van der Waals surface area contributed by atoms with E-state index in [0.717, 1.165) is 0 Å². The molecular formula is C8H11NO2S. The largest absolute Gasteiger partial charge is 0.461 e. The van der Waals surface area contributed by atoms with Crippen molar-refractivity contribution in [3.8, 4) is 0 Å². The molecule has 0 aromatic heterocycles. The highest BCUT2D eigenvalue weighted by atomic mass is 32.1. The molecule has 1 rings (SSSR count). The van der Waals surface area contributed by atoms with Gasteiger partial charge in [-0.05, 0) is 18.3 Å². The van der Waals surface area contributed by atoms with E-state index in [9.17, 15) is 4.79 Å². The van der Waals surface area contributed by atoms with Gasteiger partial charge < -0.3 is 4.74 Å². The summed E-state index contributed by atoms with van der Waals surface area (Å²) in [6.45, 7) is 5.88. The summed E-state index contributed by atoms with van der Waals surface area (Å²) in [5.41, 5.74) is 0. The molecule has 1 aliphatic rings. The quantitative estimate of drug-likeness (QED) is 0.476. The van der Waals surface area contributed by atoms with Crippen molar-refractivity contribution in [2.45, 2.75) is 19.4 Å². The summed E-state index contributed by atoms with van der Waals surface area (Å²) in [5, 5.41) is 0.270. The summed E-state index contributed by atoms with van der Waals surface area (Å²) in [5.74, 6) is 0.00403. The van der Waals surface area contributed by atoms with Crippen LogP contribution < -0.4 is 0 Å². The van der Waals surface area contributed by atoms with Crippen LogP contribution in [0.5, 0.6) is 0 Å². The highest BCUT2D eigenvalue weighted by Crippen LogP contribution is 2.13. The van der Waals surface area contributed by atoms with Crippen LogP contribution in [0.4, 0.5) is 0 Å². The van der Waals surface area contributed by atoms with Crippen LogP contribution in [-0.2, 0) is 9.53 Å². The van der Waals surface area contributed by atoms with Crippen molar-refractivity contribution < 1.29 is 9.53 Å². The first-order valence-electron chi connectivity index (χ1n) is 3.82. The lowest BCUT2D eigenvalue weighted by Gasteiger charge is -2.10. The molecule has 3 nitrogen and oxygen atoms in total. The Bertz CT molecular complexity index is 227. The molecule has 0 aromatic rings. The maximum Gasteiger partial charge on any atom is 0.266 e. The Balaban J connectivity index is 2.63. The van der Waals surface area contributed by atoms with E-state index in [4.69, 9.17) is 17.0 Å². The van der Waals surface area contributed by atoms with Gasteiger partial charge in [0, 0.05) is 6.42 Å². The highest BCUT2D eigenvalue weighted by molar-refractivity contribution is 7.80. The van der Waals surface area contributed by atoms with Crippen LogP contribution in [0.3, 0.4) is 0 Å². The van der Waals surface area contributed by atoms with Crippen LogP contribution >= 0.6 is 12.2 Å². The molecule has 1 saturated heterocycles. The second kappa shape index (κ2) is 3.67. The fraction of sp³-hybridized carbons (Fsp3) is 0.500. The van der Waals surface area contributed by atoms with Crippen LogP contribution in [0.25, 0.3) is 0 Å². The van der Waals surface area contributed by atoms with Crippen molar-refractivity contribution in [3.63, 3.8) is 0 Å². The van der Waals surface area contributed by atoms with Crippen molar-refractivity contribution in [3.05, 3.63) is 12.7 Å². The van der Waals surface area contributed by atoms with E-state index in [1.807, 2.05) is 0 Å². The van der Waals surface area contributed by atoms with Crippen molar-refractivity contribution >= 4 is 23.3 Å². The van der Waals surface area contributed by atoms with Crippen molar-refractivity contribution in [2.75, 3.05) is 6.54 Å². The molecule has 66 valence electrons. The van der Waals surface area contributed by atoms with E-state index in [2.05, 4.69) is 6.58 Å². The average Bonchev–Trinajstić information content (AvgIpc) is 2.45. The first kappa shape index (κ1) is 9.19. The third-order valence-corrected chi connectivity index (χ3v) is 2.02. The molecular weight excluding hydrogens is 174 g/mol. The number of carbonyl (C=O) groups excluding carboxylic acids is 1. The molecule has 12 heavy (non-hydrogen) atoms. The molecule has 0 aromatic carbocycles. The predicted molar refractivity (Wildman–Crippen MR) is 49.7 cm³/mol. The Morgan fingerprint density at radius 1 is 2.00 bits per heavy atom. The summed E-state index contributed by atoms with van der Waals surface area (Å²) in [4.78, 5) is 12.7. The fourth-order valence-corrected chi connectivity index (χ4v) is 1.30. The molecule has 0 radical (unpaired) electrons. The van der Waals surface area contributed by atoms with Gasteiger partial charge in [-0.15, -0.1) is 0 Å². The number of carbonyl (C=O) groups is 1. The van der Waals surface area contributed by atoms with Gasteiger partial charge in [0.25, 0.3) is 5.17 Å². The van der Waals surface area contributed by atoms with E-state index < -0.39 is 0 Å². The van der Waals surface area contributed by atoms with E-state index in [0.29, 0.717) is 13.0 Å².